The summed E-state index contributed by atoms with van der Waals surface area (Å²) >= 11 is 0. The molecular weight excluding hydrogens is 216 g/mol. The van der Waals surface area contributed by atoms with Gasteiger partial charge in [-0.2, -0.15) is 0 Å². The van der Waals surface area contributed by atoms with Crippen LogP contribution in [0.15, 0.2) is 24.3 Å². The van der Waals surface area contributed by atoms with E-state index in [2.05, 4.69) is 0 Å². The van der Waals surface area contributed by atoms with Crippen LogP contribution in [0.1, 0.15) is 39.4 Å². The molecule has 0 bridgehead atoms. The molecule has 2 atom stereocenters. The first-order chi connectivity index (χ1) is 8.04. The van der Waals surface area contributed by atoms with Gasteiger partial charge in [-0.15, -0.1) is 0 Å². The predicted molar refractivity (Wildman–Crippen MR) is 68.3 cm³/mol. The van der Waals surface area contributed by atoms with Gasteiger partial charge in [0.25, 0.3) is 0 Å². The summed E-state index contributed by atoms with van der Waals surface area (Å²) in [5, 5.41) is 10.1. The summed E-state index contributed by atoms with van der Waals surface area (Å²) in [4.78, 5) is 0. The van der Waals surface area contributed by atoms with E-state index < -0.39 is 6.10 Å². The Labute approximate surface area is 103 Å². The van der Waals surface area contributed by atoms with Crippen LogP contribution in [0.2, 0.25) is 0 Å². The number of hydrogen-bond acceptors (Lipinski definition) is 3. The molecule has 0 fully saturated rings. The molecule has 0 aliphatic carbocycles. The lowest BCUT2D eigenvalue weighted by Gasteiger charge is -2.20. The van der Waals surface area contributed by atoms with E-state index in [0.717, 1.165) is 11.3 Å². The standard InChI is InChI=1S/C14H22O3/c1-5-16-11(4)14(15)12-7-6-8-13(9-12)17-10(2)3/h6-11,14-15H,5H2,1-4H3. The topological polar surface area (TPSA) is 38.7 Å². The molecule has 0 saturated heterocycles. The highest BCUT2D eigenvalue weighted by Crippen LogP contribution is 2.23. The van der Waals surface area contributed by atoms with Crippen molar-refractivity contribution in [2.45, 2.75) is 46.0 Å². The van der Waals surface area contributed by atoms with Crippen LogP contribution in [0.4, 0.5) is 0 Å². The lowest BCUT2D eigenvalue weighted by atomic mass is 10.1. The molecule has 0 spiro atoms. The monoisotopic (exact) mass is 238 g/mol. The van der Waals surface area contributed by atoms with Crippen LogP contribution >= 0.6 is 0 Å². The summed E-state index contributed by atoms with van der Waals surface area (Å²) in [6.45, 7) is 8.34. The Hall–Kier alpha value is -1.06. The SMILES string of the molecule is CCOC(C)C(O)c1cccc(OC(C)C)c1. The molecule has 0 amide bonds. The Morgan fingerprint density at radius 1 is 1.24 bits per heavy atom. The zero-order valence-electron chi connectivity index (χ0n) is 11.0. The molecule has 1 rings (SSSR count). The van der Waals surface area contributed by atoms with E-state index >= 15 is 0 Å². The van der Waals surface area contributed by atoms with Crippen molar-refractivity contribution < 1.29 is 14.6 Å². The minimum absolute atomic E-state index is 0.131. The summed E-state index contributed by atoms with van der Waals surface area (Å²) in [5.74, 6) is 0.778. The second kappa shape index (κ2) is 6.62. The number of aliphatic hydroxyl groups excluding tert-OH is 1. The first-order valence-corrected chi connectivity index (χ1v) is 6.10. The third-order valence-corrected chi connectivity index (χ3v) is 2.45. The van der Waals surface area contributed by atoms with Gasteiger partial charge in [0.1, 0.15) is 11.9 Å². The molecular formula is C14H22O3. The highest BCUT2D eigenvalue weighted by Gasteiger charge is 2.16. The average molecular weight is 238 g/mol. The first kappa shape index (κ1) is 14.0. The molecule has 0 radical (unpaired) electrons. The molecule has 96 valence electrons. The zero-order valence-corrected chi connectivity index (χ0v) is 11.0. The lowest BCUT2D eigenvalue weighted by Crippen LogP contribution is -2.18. The summed E-state index contributed by atoms with van der Waals surface area (Å²) in [6, 6.07) is 7.52. The maximum Gasteiger partial charge on any atom is 0.120 e. The van der Waals surface area contributed by atoms with Crippen LogP contribution in [0.5, 0.6) is 5.75 Å². The summed E-state index contributed by atoms with van der Waals surface area (Å²) < 4.78 is 11.0. The molecule has 1 aromatic rings. The van der Waals surface area contributed by atoms with Crippen LogP contribution < -0.4 is 4.74 Å². The smallest absolute Gasteiger partial charge is 0.120 e. The molecule has 1 N–H and O–H groups in total. The molecule has 17 heavy (non-hydrogen) atoms. The van der Waals surface area contributed by atoms with E-state index in [4.69, 9.17) is 9.47 Å². The number of benzene rings is 1. The highest BCUT2D eigenvalue weighted by atomic mass is 16.5. The van der Waals surface area contributed by atoms with Gasteiger partial charge in [-0.25, -0.2) is 0 Å². The minimum atomic E-state index is -0.620. The van der Waals surface area contributed by atoms with Gasteiger partial charge in [-0.3, -0.25) is 0 Å². The first-order valence-electron chi connectivity index (χ1n) is 6.10. The van der Waals surface area contributed by atoms with Crippen molar-refractivity contribution in [2.75, 3.05) is 6.61 Å². The molecule has 0 heterocycles. The molecule has 0 aliphatic heterocycles. The van der Waals surface area contributed by atoms with Gasteiger partial charge in [-0.05, 0) is 45.4 Å². The quantitative estimate of drug-likeness (QED) is 0.828. The van der Waals surface area contributed by atoms with Crippen LogP contribution in [0, 0.1) is 0 Å². The molecule has 1 aromatic carbocycles. The van der Waals surface area contributed by atoms with Crippen molar-refractivity contribution in [3.05, 3.63) is 29.8 Å². The highest BCUT2D eigenvalue weighted by molar-refractivity contribution is 5.30. The van der Waals surface area contributed by atoms with E-state index in [0.29, 0.717) is 6.61 Å². The van der Waals surface area contributed by atoms with Crippen molar-refractivity contribution in [1.29, 1.82) is 0 Å². The fourth-order valence-electron chi connectivity index (χ4n) is 1.67. The molecule has 3 heteroatoms. The Kier molecular flexibility index (Phi) is 5.45. The fourth-order valence-corrected chi connectivity index (χ4v) is 1.67. The number of aliphatic hydroxyl groups is 1. The molecule has 0 aliphatic rings. The molecule has 0 saturated carbocycles. The summed E-state index contributed by atoms with van der Waals surface area (Å²) in [5.41, 5.74) is 0.823. The largest absolute Gasteiger partial charge is 0.491 e. The van der Waals surface area contributed by atoms with Crippen LogP contribution in [0.25, 0.3) is 0 Å². The average Bonchev–Trinajstić information content (AvgIpc) is 2.28. The van der Waals surface area contributed by atoms with Gasteiger partial charge in [0.2, 0.25) is 0 Å². The Morgan fingerprint density at radius 3 is 2.53 bits per heavy atom. The second-order valence-electron chi connectivity index (χ2n) is 4.34. The summed E-state index contributed by atoms with van der Waals surface area (Å²) in [6.07, 6.45) is -0.702. The number of rotatable bonds is 6. The van der Waals surface area contributed by atoms with Crippen molar-refractivity contribution in [3.63, 3.8) is 0 Å². The predicted octanol–water partition coefficient (Wildman–Crippen LogP) is 2.93. The zero-order chi connectivity index (χ0) is 12.8. The van der Waals surface area contributed by atoms with E-state index in [9.17, 15) is 5.11 Å². The van der Waals surface area contributed by atoms with Crippen molar-refractivity contribution in [3.8, 4) is 5.75 Å². The van der Waals surface area contributed by atoms with Gasteiger partial charge >= 0.3 is 0 Å². The molecule has 2 unspecified atom stereocenters. The van der Waals surface area contributed by atoms with Gasteiger partial charge < -0.3 is 14.6 Å². The van der Waals surface area contributed by atoms with Gasteiger partial charge in [0, 0.05) is 6.61 Å². The van der Waals surface area contributed by atoms with Crippen molar-refractivity contribution in [1.82, 2.24) is 0 Å². The Morgan fingerprint density at radius 2 is 1.94 bits per heavy atom. The van der Waals surface area contributed by atoms with E-state index in [1.165, 1.54) is 0 Å². The van der Waals surface area contributed by atoms with Crippen LogP contribution in [-0.4, -0.2) is 23.9 Å². The van der Waals surface area contributed by atoms with Crippen molar-refractivity contribution in [2.24, 2.45) is 0 Å². The van der Waals surface area contributed by atoms with Gasteiger partial charge in [0.05, 0.1) is 12.2 Å². The van der Waals surface area contributed by atoms with Gasteiger partial charge in [0.15, 0.2) is 0 Å². The van der Waals surface area contributed by atoms with Crippen molar-refractivity contribution >= 4 is 0 Å². The van der Waals surface area contributed by atoms with E-state index in [-0.39, 0.29) is 12.2 Å². The molecule has 0 aromatic heterocycles. The molecule has 3 nitrogen and oxygen atoms in total. The van der Waals surface area contributed by atoms with Crippen LogP contribution in [-0.2, 0) is 4.74 Å². The minimum Gasteiger partial charge on any atom is -0.491 e. The maximum absolute atomic E-state index is 10.1. The third-order valence-electron chi connectivity index (χ3n) is 2.45. The fraction of sp³-hybridized carbons (Fsp3) is 0.571. The number of hydrogen-bond donors (Lipinski definition) is 1. The third kappa shape index (κ3) is 4.36. The Bertz CT molecular complexity index is 336. The summed E-state index contributed by atoms with van der Waals surface area (Å²) in [7, 11) is 0. The van der Waals surface area contributed by atoms with Gasteiger partial charge in [-0.1, -0.05) is 12.1 Å². The Balaban J connectivity index is 2.76. The lowest BCUT2D eigenvalue weighted by molar-refractivity contribution is -0.0228. The maximum atomic E-state index is 10.1. The van der Waals surface area contributed by atoms with Crippen LogP contribution in [0.3, 0.4) is 0 Å². The van der Waals surface area contributed by atoms with E-state index in [1.807, 2.05) is 52.0 Å². The number of ether oxygens (including phenoxy) is 2. The normalized spacial score (nSPS) is 14.7. The second-order valence-corrected chi connectivity index (χ2v) is 4.34. The van der Waals surface area contributed by atoms with E-state index in [1.54, 1.807) is 0 Å².